The van der Waals surface area contributed by atoms with Crippen LogP contribution in [-0.4, -0.2) is 93.4 Å². The zero-order chi connectivity index (χ0) is 39.8. The molecule has 5 atom stereocenters. The van der Waals surface area contributed by atoms with Crippen LogP contribution in [0, 0.1) is 18.3 Å². The number of carbonyl (C=O) groups is 4. The van der Waals surface area contributed by atoms with Gasteiger partial charge in [-0.25, -0.2) is 19.6 Å². The summed E-state index contributed by atoms with van der Waals surface area (Å²) >= 11 is 1.47. The third-order valence-corrected chi connectivity index (χ3v) is 11.3. The van der Waals surface area contributed by atoms with Gasteiger partial charge in [0, 0.05) is 35.2 Å². The van der Waals surface area contributed by atoms with Gasteiger partial charge in [0.1, 0.15) is 47.0 Å². The molecule has 3 amide bonds. The maximum absolute atomic E-state index is 14.6. The first-order valence-electron chi connectivity index (χ1n) is 18.9. The molecule has 55 heavy (non-hydrogen) atoms. The molecule has 14 nitrogen and oxygen atoms in total. The first-order valence-corrected chi connectivity index (χ1v) is 19.7. The molecule has 3 heterocycles. The Bertz CT molecular complexity index is 1970. The number of benzene rings is 1. The maximum atomic E-state index is 14.6. The average Bonchev–Trinajstić information content (AvgIpc) is 3.53. The molecule has 0 radical (unpaired) electrons. The molecule has 0 bridgehead atoms. The first-order chi connectivity index (χ1) is 26.0. The number of methoxy groups -OCH3 is 1. The number of likely N-dealkylation sites (tertiary alicyclic amines) is 1. The summed E-state index contributed by atoms with van der Waals surface area (Å²) < 4.78 is 18.0. The number of hydrogen-bond donors (Lipinski definition) is 4. The maximum Gasteiger partial charge on any atom is 0.408 e. The molecule has 0 unspecified atom stereocenters. The van der Waals surface area contributed by atoms with Gasteiger partial charge in [0.2, 0.25) is 11.8 Å². The van der Waals surface area contributed by atoms with E-state index in [1.54, 1.807) is 13.2 Å². The van der Waals surface area contributed by atoms with Crippen LogP contribution in [0.4, 0.5) is 9.93 Å². The van der Waals surface area contributed by atoms with Crippen LogP contribution in [0.5, 0.6) is 11.5 Å². The monoisotopic (exact) mass is 776 g/mol. The minimum absolute atomic E-state index is 0.0188. The predicted molar refractivity (Wildman–Crippen MR) is 209 cm³/mol. The zero-order valence-corrected chi connectivity index (χ0v) is 33.4. The number of hydrogen-bond acceptors (Lipinski definition) is 11. The lowest BCUT2D eigenvalue weighted by Crippen LogP contribution is -2.59. The SMILES string of the molecule is C=C[C@@H]1C[C@]1(NC(=O)[C@@H]1C[C@@H](Oc2cc(-c3csc(NC(C)C)n3)nc3c(C)cc(OC)cc23)CN1C(=O)[C@@H](NC(=O)OC1CCCC1)C(C)(C)C)C(=O)O. The van der Waals surface area contributed by atoms with Gasteiger partial charge < -0.3 is 40.2 Å². The molecular formula is C40H52N6O8S. The van der Waals surface area contributed by atoms with E-state index in [9.17, 15) is 24.3 Å². The highest BCUT2D eigenvalue weighted by Gasteiger charge is 2.61. The van der Waals surface area contributed by atoms with Gasteiger partial charge in [0.05, 0.1) is 24.9 Å². The lowest BCUT2D eigenvalue weighted by molar-refractivity contribution is -0.146. The van der Waals surface area contributed by atoms with Gasteiger partial charge in [0.25, 0.3) is 0 Å². The number of aliphatic carboxylic acids is 1. The number of carbonyl (C=O) groups excluding carboxylic acids is 3. The summed E-state index contributed by atoms with van der Waals surface area (Å²) in [5.41, 5.74) is 0.458. The van der Waals surface area contributed by atoms with Crippen LogP contribution in [0.2, 0.25) is 0 Å². The fraction of sp³-hybridized carbons (Fsp3) is 0.550. The number of aromatic nitrogens is 2. The molecule has 15 heteroatoms. The van der Waals surface area contributed by atoms with Crippen molar-refractivity contribution in [2.45, 2.75) is 116 Å². The number of anilines is 1. The molecule has 6 rings (SSSR count). The Morgan fingerprint density at radius 2 is 1.82 bits per heavy atom. The molecule has 1 aliphatic heterocycles. The molecule has 0 spiro atoms. The van der Waals surface area contributed by atoms with Crippen molar-refractivity contribution < 1.29 is 38.5 Å². The van der Waals surface area contributed by atoms with Crippen molar-refractivity contribution >= 4 is 51.2 Å². The highest BCUT2D eigenvalue weighted by atomic mass is 32.1. The van der Waals surface area contributed by atoms with Gasteiger partial charge in [-0.2, -0.15) is 0 Å². The van der Waals surface area contributed by atoms with Crippen molar-refractivity contribution in [1.82, 2.24) is 25.5 Å². The summed E-state index contributed by atoms with van der Waals surface area (Å²) in [7, 11) is 1.58. The Kier molecular flexibility index (Phi) is 11.3. The fourth-order valence-corrected chi connectivity index (χ4v) is 8.34. The van der Waals surface area contributed by atoms with Crippen molar-refractivity contribution in [2.75, 3.05) is 19.0 Å². The number of amides is 3. The van der Waals surface area contributed by atoms with Crippen LogP contribution >= 0.6 is 11.3 Å². The number of aryl methyl sites for hydroxylation is 1. The molecule has 296 valence electrons. The van der Waals surface area contributed by atoms with Crippen LogP contribution in [0.1, 0.15) is 78.7 Å². The number of ether oxygens (including phenoxy) is 3. The van der Waals surface area contributed by atoms with E-state index in [4.69, 9.17) is 24.2 Å². The molecule has 1 saturated heterocycles. The number of pyridine rings is 1. The van der Waals surface area contributed by atoms with Crippen LogP contribution in [-0.2, 0) is 19.1 Å². The van der Waals surface area contributed by atoms with E-state index in [0.717, 1.165) is 36.4 Å². The summed E-state index contributed by atoms with van der Waals surface area (Å²) in [6, 6.07) is 3.53. The molecule has 1 aromatic carbocycles. The molecule has 3 aromatic rings. The second-order valence-corrected chi connectivity index (χ2v) is 17.1. The van der Waals surface area contributed by atoms with E-state index in [0.29, 0.717) is 33.8 Å². The normalized spacial score (nSPS) is 23.0. The van der Waals surface area contributed by atoms with E-state index in [1.807, 2.05) is 59.1 Å². The zero-order valence-electron chi connectivity index (χ0n) is 32.6. The van der Waals surface area contributed by atoms with E-state index in [-0.39, 0.29) is 31.5 Å². The average molecular weight is 777 g/mol. The smallest absolute Gasteiger partial charge is 0.408 e. The number of thiazole rings is 1. The van der Waals surface area contributed by atoms with E-state index in [2.05, 4.69) is 22.5 Å². The van der Waals surface area contributed by atoms with Crippen molar-refractivity contribution in [2.24, 2.45) is 11.3 Å². The van der Waals surface area contributed by atoms with Crippen molar-refractivity contribution in [3.63, 3.8) is 0 Å². The summed E-state index contributed by atoms with van der Waals surface area (Å²) in [5, 5.41) is 22.3. The lowest BCUT2D eigenvalue weighted by atomic mass is 9.85. The van der Waals surface area contributed by atoms with Gasteiger partial charge in [-0.1, -0.05) is 26.8 Å². The molecule has 2 aromatic heterocycles. The molecule has 2 aliphatic carbocycles. The molecule has 4 N–H and O–H groups in total. The quantitative estimate of drug-likeness (QED) is 0.148. The number of nitrogens with one attached hydrogen (secondary N) is 3. The van der Waals surface area contributed by atoms with Gasteiger partial charge in [0.15, 0.2) is 5.13 Å². The number of alkyl carbamates (subject to hydrolysis) is 1. The Morgan fingerprint density at radius 3 is 2.44 bits per heavy atom. The van der Waals surface area contributed by atoms with Gasteiger partial charge >= 0.3 is 12.1 Å². The second-order valence-electron chi connectivity index (χ2n) is 16.2. The molecular weight excluding hydrogens is 725 g/mol. The van der Waals surface area contributed by atoms with Crippen LogP contribution < -0.4 is 25.4 Å². The minimum atomic E-state index is -1.51. The molecule has 3 fully saturated rings. The summed E-state index contributed by atoms with van der Waals surface area (Å²) in [4.78, 5) is 65.4. The highest BCUT2D eigenvalue weighted by molar-refractivity contribution is 7.14. The van der Waals surface area contributed by atoms with E-state index in [1.165, 1.54) is 22.3 Å². The van der Waals surface area contributed by atoms with Crippen molar-refractivity contribution in [1.29, 1.82) is 0 Å². The summed E-state index contributed by atoms with van der Waals surface area (Å²) in [5.74, 6) is -1.71. The summed E-state index contributed by atoms with van der Waals surface area (Å²) in [6.07, 6.45) is 3.60. The van der Waals surface area contributed by atoms with E-state index >= 15 is 0 Å². The Labute approximate surface area is 325 Å². The van der Waals surface area contributed by atoms with Gasteiger partial charge in [-0.05, 0) is 76.0 Å². The lowest BCUT2D eigenvalue weighted by Gasteiger charge is -2.35. The fourth-order valence-electron chi connectivity index (χ4n) is 7.49. The standard InChI is InChI=1S/C40H52N6O8S/c1-9-23-18-40(23,36(49)50)45-34(47)30-16-26(19-46(30)35(48)33(39(5,6)7)44-38(51)54-24-12-10-11-13-24)53-31-17-28(29-20-55-37(43-29)41-21(2)3)42-32-22(4)14-25(52-8)15-27(31)32/h9,14-15,17,20-21,23-24,26,30,33H,1,10-13,16,18-19H2,2-8H3,(H,41,43)(H,44,51)(H,45,47)(H,49,50)/t23-,26-,30+,33-,40-/m1/s1. The Hall–Kier alpha value is -4.92. The largest absolute Gasteiger partial charge is 0.497 e. The number of nitrogens with zero attached hydrogens (tertiary/aromatic N) is 3. The van der Waals surface area contributed by atoms with Gasteiger partial charge in [-0.15, -0.1) is 17.9 Å². The summed E-state index contributed by atoms with van der Waals surface area (Å²) in [6.45, 7) is 15.2. The number of rotatable bonds is 13. The molecule has 2 saturated carbocycles. The van der Waals surface area contributed by atoms with Crippen LogP contribution in [0.15, 0.2) is 36.2 Å². The first kappa shape index (κ1) is 39.8. The van der Waals surface area contributed by atoms with Crippen molar-refractivity contribution in [3.05, 3.63) is 41.8 Å². The van der Waals surface area contributed by atoms with Crippen LogP contribution in [0.25, 0.3) is 22.3 Å². The minimum Gasteiger partial charge on any atom is -0.497 e. The number of carboxylic acid groups (broad SMARTS) is 1. The number of fused-ring (bicyclic) bond motifs is 1. The predicted octanol–water partition coefficient (Wildman–Crippen LogP) is 6.07. The second kappa shape index (κ2) is 15.7. The van der Waals surface area contributed by atoms with Crippen LogP contribution in [0.3, 0.4) is 0 Å². The van der Waals surface area contributed by atoms with E-state index < -0.39 is 58.9 Å². The third kappa shape index (κ3) is 8.51. The highest BCUT2D eigenvalue weighted by Crippen LogP contribution is 2.45. The van der Waals surface area contributed by atoms with Crippen molar-refractivity contribution in [3.8, 4) is 22.9 Å². The van der Waals surface area contributed by atoms with Gasteiger partial charge in [-0.3, -0.25) is 9.59 Å². The molecule has 3 aliphatic rings. The third-order valence-electron chi connectivity index (χ3n) is 10.6. The topological polar surface area (TPSA) is 181 Å². The Morgan fingerprint density at radius 1 is 1.09 bits per heavy atom. The number of carboxylic acids is 1. The Balaban J connectivity index is 1.35.